The summed E-state index contributed by atoms with van der Waals surface area (Å²) in [5.74, 6) is -0.0875. The fourth-order valence-electron chi connectivity index (χ4n) is 3.97. The summed E-state index contributed by atoms with van der Waals surface area (Å²) in [6.45, 7) is 2.86. The van der Waals surface area contributed by atoms with Gasteiger partial charge in [0.1, 0.15) is 5.82 Å². The second kappa shape index (κ2) is 11.3. The number of nitrogens with zero attached hydrogens (tertiary/aromatic N) is 4. The molecule has 4 rings (SSSR count). The zero-order valence-corrected chi connectivity index (χ0v) is 19.7. The average molecular weight is 469 g/mol. The number of rotatable bonds is 11. The van der Waals surface area contributed by atoms with Crippen molar-refractivity contribution in [3.05, 3.63) is 101 Å². The lowest BCUT2D eigenvalue weighted by molar-refractivity contribution is 0.0697. The van der Waals surface area contributed by atoms with Crippen molar-refractivity contribution in [3.63, 3.8) is 0 Å². The largest absolute Gasteiger partial charge is 0.478 e. The molecule has 0 bridgehead atoms. The third-order valence-electron chi connectivity index (χ3n) is 5.86. The maximum absolute atomic E-state index is 12.9. The van der Waals surface area contributed by atoms with Crippen LogP contribution in [0.2, 0.25) is 0 Å². The minimum atomic E-state index is -0.987. The predicted octanol–water partition coefficient (Wildman–Crippen LogP) is 5.24. The number of Topliss-reactive ketones (excluding diaryl/α,β-unsaturated/α-hetero) is 1. The molecule has 0 fully saturated rings. The van der Waals surface area contributed by atoms with E-state index in [0.29, 0.717) is 18.5 Å². The van der Waals surface area contributed by atoms with E-state index in [9.17, 15) is 14.7 Å². The number of carbonyl (C=O) groups excluding carboxylic acids is 1. The van der Waals surface area contributed by atoms with E-state index >= 15 is 0 Å². The number of carboxylic acids is 1. The van der Waals surface area contributed by atoms with Crippen LogP contribution < -0.4 is 0 Å². The maximum Gasteiger partial charge on any atom is 0.336 e. The van der Waals surface area contributed by atoms with Crippen LogP contribution in [-0.4, -0.2) is 36.6 Å². The maximum atomic E-state index is 12.9. The Balaban J connectivity index is 1.55. The highest BCUT2D eigenvalue weighted by atomic mass is 16.4. The Kier molecular flexibility index (Phi) is 7.77. The fraction of sp³-hybridized carbons (Fsp3) is 0.250. The average Bonchev–Trinajstić information content (AvgIpc) is 3.28. The Morgan fingerprint density at radius 1 is 0.943 bits per heavy atom. The number of hydrogen-bond acceptors (Lipinski definition) is 5. The monoisotopic (exact) mass is 468 g/mol. The molecule has 7 heteroatoms. The second-order valence-electron chi connectivity index (χ2n) is 8.47. The van der Waals surface area contributed by atoms with Crippen LogP contribution in [0.1, 0.15) is 64.1 Å². The molecule has 0 atom stereocenters. The van der Waals surface area contributed by atoms with Gasteiger partial charge in [0.2, 0.25) is 11.6 Å². The van der Waals surface area contributed by atoms with E-state index in [1.165, 1.54) is 12.3 Å². The Morgan fingerprint density at radius 2 is 1.71 bits per heavy atom. The van der Waals surface area contributed by atoms with Gasteiger partial charge in [-0.15, -0.1) is 5.10 Å². The van der Waals surface area contributed by atoms with Crippen LogP contribution in [0.4, 0.5) is 0 Å². The minimum absolute atomic E-state index is 0.0974. The first-order valence-electron chi connectivity index (χ1n) is 11.8. The molecule has 0 aliphatic carbocycles. The molecule has 0 unspecified atom stereocenters. The van der Waals surface area contributed by atoms with E-state index < -0.39 is 5.97 Å². The second-order valence-corrected chi connectivity index (χ2v) is 8.47. The molecule has 0 saturated heterocycles. The van der Waals surface area contributed by atoms with Crippen LogP contribution in [0, 0.1) is 0 Å². The van der Waals surface area contributed by atoms with Crippen molar-refractivity contribution in [2.24, 2.45) is 0 Å². The first-order valence-corrected chi connectivity index (χ1v) is 11.8. The number of carboxylic acid groups (broad SMARTS) is 1. The minimum Gasteiger partial charge on any atom is -0.478 e. The van der Waals surface area contributed by atoms with Crippen molar-refractivity contribution in [2.75, 3.05) is 0 Å². The number of hydrogen-bond donors (Lipinski definition) is 1. The summed E-state index contributed by atoms with van der Waals surface area (Å²) >= 11 is 0. The molecular formula is C28H28N4O3. The van der Waals surface area contributed by atoms with E-state index in [4.69, 9.17) is 0 Å². The first kappa shape index (κ1) is 24.0. The summed E-state index contributed by atoms with van der Waals surface area (Å²) in [4.78, 5) is 33.1. The molecule has 0 aliphatic rings. The topological polar surface area (TPSA) is 98.0 Å². The lowest BCUT2D eigenvalue weighted by Gasteiger charge is -2.08. The molecular weight excluding hydrogens is 440 g/mol. The first-order chi connectivity index (χ1) is 17.0. The van der Waals surface area contributed by atoms with Gasteiger partial charge in [0, 0.05) is 37.3 Å². The highest BCUT2D eigenvalue weighted by Crippen LogP contribution is 2.24. The Morgan fingerprint density at radius 3 is 2.43 bits per heavy atom. The standard InChI is InChI=1S/C28H28N4O3/c1-2-3-7-16-32-26(30-27(31-32)25(33)17-20-8-5-4-6-9-20)18-21-10-12-22(13-11-21)24-19-29-15-14-23(24)28(34)35/h4-6,8-15,19H,2-3,7,16-18H2,1H3,(H,34,35). The van der Waals surface area contributed by atoms with E-state index in [0.717, 1.165) is 41.8 Å². The number of aryl methyl sites for hydroxylation is 1. The third-order valence-corrected chi connectivity index (χ3v) is 5.86. The smallest absolute Gasteiger partial charge is 0.336 e. The lowest BCUT2D eigenvalue weighted by atomic mass is 10.00. The van der Waals surface area contributed by atoms with E-state index in [2.05, 4.69) is 22.0 Å². The summed E-state index contributed by atoms with van der Waals surface area (Å²) in [6, 6.07) is 18.8. The van der Waals surface area contributed by atoms with Crippen molar-refractivity contribution in [2.45, 2.75) is 45.6 Å². The van der Waals surface area contributed by atoms with Crippen molar-refractivity contribution in [3.8, 4) is 11.1 Å². The van der Waals surface area contributed by atoms with Crippen molar-refractivity contribution in [1.82, 2.24) is 19.7 Å². The van der Waals surface area contributed by atoms with Crippen molar-refractivity contribution in [1.29, 1.82) is 0 Å². The van der Waals surface area contributed by atoms with E-state index in [-0.39, 0.29) is 23.6 Å². The van der Waals surface area contributed by atoms with Crippen LogP contribution in [-0.2, 0) is 19.4 Å². The van der Waals surface area contributed by atoms with E-state index in [1.54, 1.807) is 6.20 Å². The molecule has 35 heavy (non-hydrogen) atoms. The van der Waals surface area contributed by atoms with E-state index in [1.807, 2.05) is 59.3 Å². The molecule has 0 saturated carbocycles. The van der Waals surface area contributed by atoms with Crippen LogP contribution in [0.15, 0.2) is 73.1 Å². The summed E-state index contributed by atoms with van der Waals surface area (Å²) in [6.07, 6.45) is 6.98. The molecule has 0 spiro atoms. The van der Waals surface area contributed by atoms with Gasteiger partial charge in [0.15, 0.2) is 0 Å². The summed E-state index contributed by atoms with van der Waals surface area (Å²) in [5, 5.41) is 14.0. The number of unbranched alkanes of at least 4 members (excludes halogenated alkanes) is 2. The molecule has 0 radical (unpaired) electrons. The Hall–Kier alpha value is -4.13. The molecule has 2 aromatic carbocycles. The van der Waals surface area contributed by atoms with Gasteiger partial charge in [-0.25, -0.2) is 14.5 Å². The van der Waals surface area contributed by atoms with Gasteiger partial charge in [-0.2, -0.15) is 0 Å². The zero-order valence-electron chi connectivity index (χ0n) is 19.7. The highest BCUT2D eigenvalue weighted by Gasteiger charge is 2.18. The quantitative estimate of drug-likeness (QED) is 0.239. The SMILES string of the molecule is CCCCCn1nc(C(=O)Cc2ccccc2)nc1Cc1ccc(-c2cnccc2C(=O)O)cc1. The molecule has 2 heterocycles. The highest BCUT2D eigenvalue weighted by molar-refractivity contribution is 5.95. The predicted molar refractivity (Wildman–Crippen MR) is 133 cm³/mol. The molecule has 2 aromatic heterocycles. The Labute approximate surface area is 204 Å². The molecule has 1 N–H and O–H groups in total. The number of pyridine rings is 1. The number of carbonyl (C=O) groups is 2. The van der Waals surface area contributed by atoms with Gasteiger partial charge in [-0.05, 0) is 29.2 Å². The van der Waals surface area contributed by atoms with Crippen LogP contribution in [0.5, 0.6) is 0 Å². The summed E-state index contributed by atoms with van der Waals surface area (Å²) in [7, 11) is 0. The van der Waals surface area contributed by atoms with Gasteiger partial charge >= 0.3 is 5.97 Å². The van der Waals surface area contributed by atoms with Gasteiger partial charge < -0.3 is 5.11 Å². The van der Waals surface area contributed by atoms with Gasteiger partial charge in [-0.1, -0.05) is 74.4 Å². The summed E-state index contributed by atoms with van der Waals surface area (Å²) in [5.41, 5.74) is 3.50. The molecule has 0 aliphatic heterocycles. The normalized spacial score (nSPS) is 10.9. The van der Waals surface area contributed by atoms with Crippen LogP contribution in [0.25, 0.3) is 11.1 Å². The third kappa shape index (κ3) is 6.06. The van der Waals surface area contributed by atoms with Crippen LogP contribution >= 0.6 is 0 Å². The summed E-state index contributed by atoms with van der Waals surface area (Å²) < 4.78 is 1.85. The molecule has 178 valence electrons. The Bertz CT molecular complexity index is 1300. The number of benzene rings is 2. The van der Waals surface area contributed by atoms with Gasteiger partial charge in [-0.3, -0.25) is 9.78 Å². The lowest BCUT2D eigenvalue weighted by Crippen LogP contribution is -2.08. The fourth-order valence-corrected chi connectivity index (χ4v) is 3.97. The molecule has 7 nitrogen and oxygen atoms in total. The zero-order chi connectivity index (χ0) is 24.6. The van der Waals surface area contributed by atoms with Crippen molar-refractivity contribution >= 4 is 11.8 Å². The molecule has 0 amide bonds. The van der Waals surface area contributed by atoms with Gasteiger partial charge in [0.25, 0.3) is 0 Å². The number of ketones is 1. The van der Waals surface area contributed by atoms with Crippen molar-refractivity contribution < 1.29 is 14.7 Å². The molecule has 4 aromatic rings. The van der Waals surface area contributed by atoms with Gasteiger partial charge in [0.05, 0.1) is 5.56 Å². The number of aromatic carboxylic acids is 1. The number of aromatic nitrogens is 4. The van der Waals surface area contributed by atoms with Crippen LogP contribution in [0.3, 0.4) is 0 Å².